The molecule has 24 heteroatoms. The minimum Gasteiger partial charge on any atom is -0.491 e. The number of carbonyl (C=O) groups excluding carboxylic acids is 4. The summed E-state index contributed by atoms with van der Waals surface area (Å²) < 4.78 is 88.4. The van der Waals surface area contributed by atoms with Crippen LogP contribution >= 0.6 is 0 Å². The highest BCUT2D eigenvalue weighted by molar-refractivity contribution is 5.92. The zero-order chi connectivity index (χ0) is 64.9. The van der Waals surface area contributed by atoms with E-state index >= 15 is 0 Å². The second-order valence-corrected chi connectivity index (χ2v) is 21.8. The number of benzene rings is 8. The van der Waals surface area contributed by atoms with Gasteiger partial charge in [0.25, 0.3) is 0 Å². The number of ether oxygens (including phenoxy) is 16. The van der Waals surface area contributed by atoms with E-state index in [1.54, 1.807) is 72.8 Å². The monoisotopic (exact) mass is 1290 g/mol. The fraction of sp³-hybridized carbons (Fsp3) is 0.257. The van der Waals surface area contributed by atoms with Crippen LogP contribution in [-0.4, -0.2) is 149 Å². The summed E-state index contributed by atoms with van der Waals surface area (Å²) in [5.74, 6) is 1.66. The van der Waals surface area contributed by atoms with Crippen molar-refractivity contribution < 1.29 is 115 Å². The van der Waals surface area contributed by atoms with Crippen molar-refractivity contribution in [2.75, 3.05) is 80.0 Å². The quantitative estimate of drug-likeness (QED) is 0.0255. The molecule has 0 saturated carbocycles. The lowest BCUT2D eigenvalue weighted by molar-refractivity contribution is 0.0127. The lowest BCUT2D eigenvalue weighted by Crippen LogP contribution is -2.25. The van der Waals surface area contributed by atoms with Gasteiger partial charge in [0.15, 0.2) is 46.0 Å². The summed E-state index contributed by atoms with van der Waals surface area (Å²) in [7, 11) is 0. The maximum atomic E-state index is 12.9. The van der Waals surface area contributed by atoms with Crippen LogP contribution in [0.25, 0.3) is 0 Å². The van der Waals surface area contributed by atoms with Crippen LogP contribution in [0.3, 0.4) is 0 Å². The van der Waals surface area contributed by atoms with E-state index in [0.29, 0.717) is 69.0 Å². The average molecular weight is 1290 g/mol. The van der Waals surface area contributed by atoms with Crippen molar-refractivity contribution in [3.05, 3.63) is 214 Å². The molecule has 0 spiro atoms. The molecule has 0 amide bonds. The second-order valence-electron chi connectivity index (χ2n) is 21.8. The van der Waals surface area contributed by atoms with Gasteiger partial charge in [-0.05, 0) is 144 Å². The van der Waals surface area contributed by atoms with Gasteiger partial charge in [-0.3, -0.25) is 0 Å². The first-order valence-electron chi connectivity index (χ1n) is 29.7. The van der Waals surface area contributed by atoms with Crippen LogP contribution in [0.4, 0.5) is 0 Å². The Kier molecular flexibility index (Phi) is 19.9. The molecule has 24 nitrogen and oxygen atoms in total. The first-order valence-corrected chi connectivity index (χ1v) is 29.7. The maximum absolute atomic E-state index is 12.9. The van der Waals surface area contributed by atoms with Gasteiger partial charge in [0.05, 0.1) is 22.3 Å². The number of fused-ring (bicyclic) bond motifs is 4. The number of aliphatic hydroxyl groups is 4. The summed E-state index contributed by atoms with van der Waals surface area (Å²) in [6, 6.07) is 47.8. The topological polar surface area (TPSA) is 297 Å². The fourth-order valence-electron chi connectivity index (χ4n) is 10.3. The van der Waals surface area contributed by atoms with Gasteiger partial charge >= 0.3 is 23.9 Å². The van der Waals surface area contributed by atoms with E-state index in [0.717, 1.165) is 22.3 Å². The molecule has 0 fully saturated rings. The molecule has 0 radical (unpaired) electrons. The molecule has 486 valence electrons. The summed E-state index contributed by atoms with van der Waals surface area (Å²) in [6.45, 7) is -2.10. The van der Waals surface area contributed by atoms with E-state index < -0.39 is 60.1 Å². The molecule has 4 aliphatic heterocycles. The average Bonchev–Trinajstić information content (AvgIpc) is 1.09. The maximum Gasteiger partial charge on any atom is 0.338 e. The SMILES string of the molecule is O=C(OCC(O)COc1ccc(C(c2ccc(OCC(O)COC(=O)c3ccc4c(c3)OCO4)cc2)C(c2ccc(OCC(O)COC(=O)c3ccc4c(c3)OCO4)cc2)c2ccc(OCC(O)COC(=O)c3ccc4c(c3)OCO4)cc2)cc1)c1ccc2c(c1)OCO2. The zero-order valence-corrected chi connectivity index (χ0v) is 50.1. The third-order valence-electron chi connectivity index (χ3n) is 15.1. The van der Waals surface area contributed by atoms with Crippen molar-refractivity contribution in [2.24, 2.45) is 0 Å². The van der Waals surface area contributed by atoms with E-state index in [9.17, 15) is 39.6 Å². The normalized spacial score (nSPS) is 14.7. The van der Waals surface area contributed by atoms with Gasteiger partial charge in [0.1, 0.15) is 100 Å². The number of hydrogen-bond acceptors (Lipinski definition) is 24. The summed E-state index contributed by atoms with van der Waals surface area (Å²) >= 11 is 0. The third kappa shape index (κ3) is 15.9. The fourth-order valence-corrected chi connectivity index (χ4v) is 10.3. The number of rotatable bonds is 29. The van der Waals surface area contributed by atoms with Gasteiger partial charge in [-0.15, -0.1) is 0 Å². The summed E-state index contributed by atoms with van der Waals surface area (Å²) in [5, 5.41) is 43.5. The van der Waals surface area contributed by atoms with Crippen LogP contribution in [0, 0.1) is 0 Å². The molecule has 4 atom stereocenters. The summed E-state index contributed by atoms with van der Waals surface area (Å²) in [4.78, 5) is 51.4. The predicted molar refractivity (Wildman–Crippen MR) is 327 cm³/mol. The molecule has 0 bridgehead atoms. The molecule has 4 unspecified atom stereocenters. The van der Waals surface area contributed by atoms with Gasteiger partial charge < -0.3 is 96.2 Å². The standard InChI is InChI=1S/C70H62O24/c71-49(33-83-67(75)45-9-21-57-61(25-45)91-37-87-57)29-79-53-13-1-41(2-14-53)65(42-3-15-54(16-4-42)80-30-50(72)34-84-68(76)46-10-22-58-62(26-46)92-38-88-58)66(43-5-17-55(18-6-43)81-31-51(73)35-85-69(77)47-11-23-59-63(27-47)93-39-89-59)44-7-19-56(20-8-44)82-32-52(74)36-86-70(78)48-12-24-60-64(28-48)94-40-90-60/h1-28,49-52,65-66,71-74H,29-40H2. The number of aliphatic hydroxyl groups excluding tert-OH is 4. The Labute approximate surface area is 536 Å². The Morgan fingerprint density at radius 1 is 0.277 bits per heavy atom. The van der Waals surface area contributed by atoms with Crippen LogP contribution in [0.2, 0.25) is 0 Å². The van der Waals surface area contributed by atoms with Crippen molar-refractivity contribution in [2.45, 2.75) is 36.3 Å². The molecule has 8 aromatic rings. The van der Waals surface area contributed by atoms with E-state index in [1.165, 1.54) is 48.5 Å². The molecular formula is C70H62O24. The molecule has 0 aromatic heterocycles. The van der Waals surface area contributed by atoms with Crippen LogP contribution in [-0.2, 0) is 18.9 Å². The highest BCUT2D eigenvalue weighted by Crippen LogP contribution is 2.45. The lowest BCUT2D eigenvalue weighted by Gasteiger charge is -2.30. The highest BCUT2D eigenvalue weighted by atomic mass is 16.7. The number of carbonyl (C=O) groups is 4. The molecule has 8 aromatic carbocycles. The molecule has 4 heterocycles. The van der Waals surface area contributed by atoms with E-state index in [-0.39, 0.29) is 102 Å². The van der Waals surface area contributed by atoms with Crippen molar-refractivity contribution >= 4 is 23.9 Å². The first-order chi connectivity index (χ1) is 45.8. The molecule has 4 aliphatic rings. The van der Waals surface area contributed by atoms with Crippen LogP contribution < -0.4 is 56.8 Å². The predicted octanol–water partition coefficient (Wildman–Crippen LogP) is 7.95. The zero-order valence-electron chi connectivity index (χ0n) is 50.1. The highest BCUT2D eigenvalue weighted by Gasteiger charge is 2.30. The van der Waals surface area contributed by atoms with E-state index in [2.05, 4.69) is 0 Å². The summed E-state index contributed by atoms with van der Waals surface area (Å²) in [5.41, 5.74) is 4.13. The Bertz CT molecular complexity index is 3440. The van der Waals surface area contributed by atoms with Crippen LogP contribution in [0.1, 0.15) is 75.5 Å². The Balaban J connectivity index is 0.760. The molecule has 94 heavy (non-hydrogen) atoms. The van der Waals surface area contributed by atoms with Gasteiger partial charge in [-0.2, -0.15) is 0 Å². The number of esters is 4. The molecule has 4 N–H and O–H groups in total. The largest absolute Gasteiger partial charge is 0.491 e. The molecular weight excluding hydrogens is 1220 g/mol. The van der Waals surface area contributed by atoms with Crippen molar-refractivity contribution in [1.29, 1.82) is 0 Å². The van der Waals surface area contributed by atoms with Gasteiger partial charge in [-0.25, -0.2) is 19.2 Å². The van der Waals surface area contributed by atoms with Crippen molar-refractivity contribution in [3.63, 3.8) is 0 Å². The van der Waals surface area contributed by atoms with E-state index in [1.807, 2.05) is 48.5 Å². The third-order valence-corrected chi connectivity index (χ3v) is 15.1. The Morgan fingerprint density at radius 3 is 0.691 bits per heavy atom. The van der Waals surface area contributed by atoms with Gasteiger partial charge in [0.2, 0.25) is 27.2 Å². The minimum atomic E-state index is -1.19. The minimum absolute atomic E-state index is 0.0408. The van der Waals surface area contributed by atoms with E-state index in [4.69, 9.17) is 75.8 Å². The van der Waals surface area contributed by atoms with Crippen LogP contribution in [0.15, 0.2) is 170 Å². The Morgan fingerprint density at radius 2 is 0.479 bits per heavy atom. The Hall–Kier alpha value is -10.9. The molecule has 0 saturated heterocycles. The van der Waals surface area contributed by atoms with Crippen molar-refractivity contribution in [1.82, 2.24) is 0 Å². The summed E-state index contributed by atoms with van der Waals surface area (Å²) in [6.07, 6.45) is -4.75. The van der Waals surface area contributed by atoms with Crippen LogP contribution in [0.5, 0.6) is 69.0 Å². The molecule has 0 aliphatic carbocycles. The van der Waals surface area contributed by atoms with Gasteiger partial charge in [0, 0.05) is 11.8 Å². The van der Waals surface area contributed by atoms with Crippen molar-refractivity contribution in [3.8, 4) is 69.0 Å². The lowest BCUT2D eigenvalue weighted by atomic mass is 9.73. The van der Waals surface area contributed by atoms with Gasteiger partial charge in [-0.1, -0.05) is 48.5 Å². The first kappa shape index (κ1) is 63.2. The second kappa shape index (κ2) is 29.6. The smallest absolute Gasteiger partial charge is 0.338 e. The molecule has 12 rings (SSSR count). The number of hydrogen-bond donors (Lipinski definition) is 4.